The van der Waals surface area contributed by atoms with E-state index in [0.29, 0.717) is 22.7 Å². The molecule has 0 saturated heterocycles. The zero-order chi connectivity index (χ0) is 17.8. The van der Waals surface area contributed by atoms with Crippen LogP contribution in [0, 0.1) is 6.92 Å². The summed E-state index contributed by atoms with van der Waals surface area (Å²) in [5.41, 5.74) is 3.27. The average Bonchev–Trinajstić information content (AvgIpc) is 2.97. The zero-order valence-electron chi connectivity index (χ0n) is 14.4. The highest BCUT2D eigenvalue weighted by Crippen LogP contribution is 2.38. The molecule has 25 heavy (non-hydrogen) atoms. The molecule has 0 bridgehead atoms. The monoisotopic (exact) mass is 354 g/mol. The Kier molecular flexibility index (Phi) is 5.34. The molecule has 1 aliphatic carbocycles. The van der Waals surface area contributed by atoms with E-state index in [2.05, 4.69) is 17.2 Å². The number of carbonyl (C=O) groups is 2. The fourth-order valence-electron chi connectivity index (χ4n) is 3.15. The third kappa shape index (κ3) is 3.66. The van der Waals surface area contributed by atoms with Gasteiger partial charge in [-0.15, -0.1) is 17.9 Å². The van der Waals surface area contributed by atoms with Crippen LogP contribution in [0.2, 0.25) is 0 Å². The van der Waals surface area contributed by atoms with Crippen LogP contribution in [0.3, 0.4) is 0 Å². The van der Waals surface area contributed by atoms with Crippen molar-refractivity contribution in [3.8, 4) is 0 Å². The van der Waals surface area contributed by atoms with E-state index in [-0.39, 0.29) is 11.8 Å². The van der Waals surface area contributed by atoms with Crippen LogP contribution < -0.4 is 10.6 Å². The van der Waals surface area contributed by atoms with E-state index < -0.39 is 0 Å². The van der Waals surface area contributed by atoms with Crippen molar-refractivity contribution in [1.29, 1.82) is 0 Å². The second-order valence-corrected chi connectivity index (χ2v) is 7.29. The average molecular weight is 354 g/mol. The molecule has 5 heteroatoms. The first-order chi connectivity index (χ1) is 12.1. The first kappa shape index (κ1) is 17.4. The van der Waals surface area contributed by atoms with Gasteiger partial charge in [0.2, 0.25) is 0 Å². The summed E-state index contributed by atoms with van der Waals surface area (Å²) in [6, 6.07) is 7.46. The van der Waals surface area contributed by atoms with Crippen molar-refractivity contribution in [2.24, 2.45) is 0 Å². The molecule has 130 valence electrons. The molecule has 0 fully saturated rings. The van der Waals surface area contributed by atoms with E-state index in [4.69, 9.17) is 0 Å². The summed E-state index contributed by atoms with van der Waals surface area (Å²) in [4.78, 5) is 26.5. The lowest BCUT2D eigenvalue weighted by Gasteiger charge is -2.13. The van der Waals surface area contributed by atoms with Crippen LogP contribution in [0.15, 0.2) is 36.9 Å². The predicted molar refractivity (Wildman–Crippen MR) is 103 cm³/mol. The van der Waals surface area contributed by atoms with Crippen LogP contribution in [0.1, 0.15) is 49.6 Å². The van der Waals surface area contributed by atoms with E-state index in [0.717, 1.165) is 36.8 Å². The molecule has 1 aromatic heterocycles. The van der Waals surface area contributed by atoms with E-state index in [1.165, 1.54) is 16.2 Å². The van der Waals surface area contributed by atoms with Gasteiger partial charge in [-0.2, -0.15) is 0 Å². The molecule has 0 unspecified atom stereocenters. The number of benzene rings is 1. The summed E-state index contributed by atoms with van der Waals surface area (Å²) in [6.45, 7) is 5.96. The van der Waals surface area contributed by atoms with Crippen molar-refractivity contribution in [2.75, 3.05) is 11.9 Å². The Morgan fingerprint density at radius 3 is 2.72 bits per heavy atom. The summed E-state index contributed by atoms with van der Waals surface area (Å²) in [7, 11) is 0. The van der Waals surface area contributed by atoms with Gasteiger partial charge < -0.3 is 10.6 Å². The predicted octanol–water partition coefficient (Wildman–Crippen LogP) is 4.10. The van der Waals surface area contributed by atoms with E-state index in [1.807, 2.05) is 25.1 Å². The number of nitrogens with one attached hydrogen (secondary N) is 2. The molecule has 4 nitrogen and oxygen atoms in total. The summed E-state index contributed by atoms with van der Waals surface area (Å²) >= 11 is 1.53. The van der Waals surface area contributed by atoms with Crippen LogP contribution in [0.4, 0.5) is 5.00 Å². The second-order valence-electron chi connectivity index (χ2n) is 6.18. The van der Waals surface area contributed by atoms with Gasteiger partial charge in [-0.25, -0.2) is 0 Å². The van der Waals surface area contributed by atoms with Crippen molar-refractivity contribution in [3.05, 3.63) is 64.1 Å². The first-order valence-electron chi connectivity index (χ1n) is 8.52. The van der Waals surface area contributed by atoms with Crippen molar-refractivity contribution in [3.63, 3.8) is 0 Å². The van der Waals surface area contributed by atoms with Gasteiger partial charge >= 0.3 is 0 Å². The number of aryl methyl sites for hydroxylation is 2. The number of fused-ring (bicyclic) bond motifs is 1. The second kappa shape index (κ2) is 7.66. The van der Waals surface area contributed by atoms with Gasteiger partial charge in [-0.05, 0) is 49.8 Å². The Bertz CT molecular complexity index is 823. The lowest BCUT2D eigenvalue weighted by molar-refractivity contribution is 0.0958. The van der Waals surface area contributed by atoms with Crippen LogP contribution in [-0.2, 0) is 12.8 Å². The SMILES string of the molecule is C=CCNC(=O)c1c(NC(=O)c2ccccc2C)sc2c1CCCC2. The lowest BCUT2D eigenvalue weighted by Crippen LogP contribution is -2.26. The third-order valence-corrected chi connectivity index (χ3v) is 5.63. The lowest BCUT2D eigenvalue weighted by atomic mass is 9.95. The number of hydrogen-bond acceptors (Lipinski definition) is 3. The molecule has 1 heterocycles. The Balaban J connectivity index is 1.93. The molecular weight excluding hydrogens is 332 g/mol. The van der Waals surface area contributed by atoms with Gasteiger partial charge in [0.25, 0.3) is 11.8 Å². The van der Waals surface area contributed by atoms with Crippen LogP contribution in [-0.4, -0.2) is 18.4 Å². The number of amides is 2. The maximum absolute atomic E-state index is 12.7. The molecular formula is C20H22N2O2S. The molecule has 0 saturated carbocycles. The summed E-state index contributed by atoms with van der Waals surface area (Å²) in [6.07, 6.45) is 5.73. The molecule has 3 rings (SSSR count). The number of hydrogen-bond donors (Lipinski definition) is 2. The minimum Gasteiger partial charge on any atom is -0.348 e. The number of carbonyl (C=O) groups excluding carboxylic acids is 2. The highest BCUT2D eigenvalue weighted by molar-refractivity contribution is 7.17. The fourth-order valence-corrected chi connectivity index (χ4v) is 4.43. The van der Waals surface area contributed by atoms with Gasteiger partial charge in [0, 0.05) is 17.0 Å². The summed E-state index contributed by atoms with van der Waals surface area (Å²) in [5, 5.41) is 6.48. The fraction of sp³-hybridized carbons (Fsp3) is 0.300. The van der Waals surface area contributed by atoms with Crippen LogP contribution in [0.25, 0.3) is 0 Å². The maximum atomic E-state index is 12.7. The maximum Gasteiger partial charge on any atom is 0.256 e. The Morgan fingerprint density at radius 1 is 1.20 bits per heavy atom. The zero-order valence-corrected chi connectivity index (χ0v) is 15.2. The number of thiophene rings is 1. The van der Waals surface area contributed by atoms with Crippen molar-refractivity contribution in [1.82, 2.24) is 5.32 Å². The van der Waals surface area contributed by atoms with Crippen LogP contribution >= 0.6 is 11.3 Å². The molecule has 0 radical (unpaired) electrons. The molecule has 2 amide bonds. The highest BCUT2D eigenvalue weighted by Gasteiger charge is 2.26. The Morgan fingerprint density at radius 2 is 1.96 bits per heavy atom. The van der Waals surface area contributed by atoms with Crippen molar-refractivity contribution < 1.29 is 9.59 Å². The van der Waals surface area contributed by atoms with Gasteiger partial charge in [0.15, 0.2) is 0 Å². The first-order valence-corrected chi connectivity index (χ1v) is 9.34. The quantitative estimate of drug-likeness (QED) is 0.794. The van der Waals surface area contributed by atoms with E-state index in [1.54, 1.807) is 12.1 Å². The third-order valence-electron chi connectivity index (χ3n) is 4.42. The smallest absolute Gasteiger partial charge is 0.256 e. The van der Waals surface area contributed by atoms with E-state index in [9.17, 15) is 9.59 Å². The van der Waals surface area contributed by atoms with Crippen LogP contribution in [0.5, 0.6) is 0 Å². The number of anilines is 1. The molecule has 1 aromatic carbocycles. The molecule has 2 aromatic rings. The summed E-state index contributed by atoms with van der Waals surface area (Å²) in [5.74, 6) is -0.311. The molecule has 0 atom stereocenters. The van der Waals surface area contributed by atoms with Gasteiger partial charge in [-0.1, -0.05) is 24.3 Å². The van der Waals surface area contributed by atoms with Gasteiger partial charge in [-0.3, -0.25) is 9.59 Å². The Hall–Kier alpha value is -2.40. The summed E-state index contributed by atoms with van der Waals surface area (Å²) < 4.78 is 0. The minimum atomic E-state index is -0.172. The van der Waals surface area contributed by atoms with Crippen molar-refractivity contribution in [2.45, 2.75) is 32.6 Å². The Labute approximate surface area is 152 Å². The molecule has 0 spiro atoms. The standard InChI is InChI=1S/C20H22N2O2S/c1-3-12-21-19(24)17-15-10-6-7-11-16(15)25-20(17)22-18(23)14-9-5-4-8-13(14)2/h3-5,8-9H,1,6-7,10-12H2,2H3,(H,21,24)(H,22,23). The highest BCUT2D eigenvalue weighted by atomic mass is 32.1. The molecule has 0 aliphatic heterocycles. The minimum absolute atomic E-state index is 0.139. The van der Waals surface area contributed by atoms with Gasteiger partial charge in [0.05, 0.1) is 5.56 Å². The normalized spacial score (nSPS) is 13.0. The van der Waals surface area contributed by atoms with Crippen molar-refractivity contribution >= 4 is 28.2 Å². The molecule has 1 aliphatic rings. The van der Waals surface area contributed by atoms with Gasteiger partial charge in [0.1, 0.15) is 5.00 Å². The topological polar surface area (TPSA) is 58.2 Å². The van der Waals surface area contributed by atoms with E-state index >= 15 is 0 Å². The molecule has 2 N–H and O–H groups in total. The number of rotatable bonds is 5. The largest absolute Gasteiger partial charge is 0.348 e.